The summed E-state index contributed by atoms with van der Waals surface area (Å²) in [7, 11) is 0. The van der Waals surface area contributed by atoms with Crippen LogP contribution >= 0.6 is 0 Å². The summed E-state index contributed by atoms with van der Waals surface area (Å²) in [6.45, 7) is 4.61. The molecule has 0 aromatic heterocycles. The zero-order valence-corrected chi connectivity index (χ0v) is 18.5. The third kappa shape index (κ3) is 2.92. The van der Waals surface area contributed by atoms with Crippen molar-refractivity contribution in [1.82, 2.24) is 0 Å². The van der Waals surface area contributed by atoms with Gasteiger partial charge in [0.2, 0.25) is 0 Å². The van der Waals surface area contributed by atoms with E-state index in [1.807, 2.05) is 0 Å². The van der Waals surface area contributed by atoms with Crippen molar-refractivity contribution in [2.75, 3.05) is 0 Å². The average Bonchev–Trinajstić information content (AvgIpc) is 3.38. The molecule has 28 heavy (non-hydrogen) atoms. The molecule has 2 aliphatic carbocycles. The van der Waals surface area contributed by atoms with E-state index in [1.54, 1.807) is 0 Å². The van der Waals surface area contributed by atoms with E-state index in [4.69, 9.17) is 0 Å². The molecule has 0 nitrogen and oxygen atoms in total. The minimum absolute atomic E-state index is 0.573. The Kier molecular flexibility index (Phi) is 4.81. The molecule has 3 aromatic rings. The molecule has 0 aliphatic heterocycles. The SMILES string of the molecule is [CH2][CH2][Zr]([CH2]c1ccccc1)([CH]1C=Cc2ccccc21)[CH]1C=Cc2ccccc21. The molecule has 0 bridgehead atoms. The molecular formula is C27H25Zr. The molecule has 1 heteroatoms. The molecule has 2 aliphatic rings. The molecule has 0 fully saturated rings. The summed E-state index contributed by atoms with van der Waals surface area (Å²) in [5, 5.41) is 0. The molecule has 0 N–H and O–H groups in total. The van der Waals surface area contributed by atoms with Gasteiger partial charge in [0.25, 0.3) is 0 Å². The average molecular weight is 441 g/mol. The van der Waals surface area contributed by atoms with Crippen LogP contribution < -0.4 is 0 Å². The first-order valence-electron chi connectivity index (χ1n) is 10.2. The molecule has 0 saturated heterocycles. The van der Waals surface area contributed by atoms with Gasteiger partial charge >= 0.3 is 174 Å². The van der Waals surface area contributed by atoms with Crippen LogP contribution in [0.4, 0.5) is 0 Å². The molecule has 2 unspecified atom stereocenters. The van der Waals surface area contributed by atoms with Crippen LogP contribution in [-0.4, -0.2) is 0 Å². The van der Waals surface area contributed by atoms with Crippen LogP contribution in [0.3, 0.4) is 0 Å². The molecule has 3 aromatic carbocycles. The molecule has 1 radical (unpaired) electrons. The van der Waals surface area contributed by atoms with Crippen molar-refractivity contribution in [3.63, 3.8) is 0 Å². The monoisotopic (exact) mass is 439 g/mol. The summed E-state index contributed by atoms with van der Waals surface area (Å²) in [5.41, 5.74) is 7.37. The molecule has 0 saturated carbocycles. The third-order valence-corrected chi connectivity index (χ3v) is 20.2. The first-order valence-corrected chi connectivity index (χ1v) is 16.5. The molecule has 5 rings (SSSR count). The van der Waals surface area contributed by atoms with Crippen LogP contribution in [0.25, 0.3) is 12.2 Å². The Bertz CT molecular complexity index is 983. The van der Waals surface area contributed by atoms with Crippen LogP contribution in [-0.2, 0) is 24.4 Å². The second kappa shape index (κ2) is 7.45. The summed E-state index contributed by atoms with van der Waals surface area (Å²) >= 11 is -2.92. The summed E-state index contributed by atoms with van der Waals surface area (Å²) in [5.74, 6) is 0. The van der Waals surface area contributed by atoms with E-state index in [2.05, 4.69) is 110 Å². The van der Waals surface area contributed by atoms with Gasteiger partial charge in [-0.15, -0.1) is 0 Å². The van der Waals surface area contributed by atoms with Gasteiger partial charge in [0.15, 0.2) is 0 Å². The maximum absolute atomic E-state index is 4.61. The van der Waals surface area contributed by atoms with Gasteiger partial charge in [0.1, 0.15) is 0 Å². The fraction of sp³-hybridized carbons (Fsp3) is 0.148. The second-order valence-corrected chi connectivity index (χ2v) is 19.3. The Balaban J connectivity index is 1.67. The van der Waals surface area contributed by atoms with Gasteiger partial charge in [-0.25, -0.2) is 0 Å². The van der Waals surface area contributed by atoms with Crippen molar-refractivity contribution in [3.05, 3.63) is 126 Å². The Hall–Kier alpha value is -1.98. The van der Waals surface area contributed by atoms with Crippen LogP contribution in [0.1, 0.15) is 35.1 Å². The number of fused-ring (bicyclic) bond motifs is 2. The standard InChI is InChI=1S/2C9H7.C7H7.C2H4.Zr/c2*1-2-5-9-7-3-6-8(9)4-1;1-7-5-3-2-4-6-7;1-2;/h2*1-7H;2-6H,1H2;1-2H2;. The summed E-state index contributed by atoms with van der Waals surface area (Å²) in [4.78, 5) is 0. The zero-order valence-electron chi connectivity index (χ0n) is 16.1. The van der Waals surface area contributed by atoms with Crippen LogP contribution in [0.5, 0.6) is 0 Å². The zero-order chi connectivity index (χ0) is 19.0. The number of hydrogen-bond donors (Lipinski definition) is 0. The van der Waals surface area contributed by atoms with E-state index in [-0.39, 0.29) is 0 Å². The quantitative estimate of drug-likeness (QED) is 0.396. The van der Waals surface area contributed by atoms with E-state index in [0.29, 0.717) is 7.25 Å². The topological polar surface area (TPSA) is 0 Å². The Morgan fingerprint density at radius 3 is 1.68 bits per heavy atom. The van der Waals surface area contributed by atoms with Gasteiger partial charge in [0, 0.05) is 0 Å². The summed E-state index contributed by atoms with van der Waals surface area (Å²) in [6.07, 6.45) is 9.75. The first kappa shape index (κ1) is 18.1. The van der Waals surface area contributed by atoms with E-state index < -0.39 is 20.3 Å². The predicted octanol–water partition coefficient (Wildman–Crippen LogP) is 7.13. The van der Waals surface area contributed by atoms with Crippen molar-refractivity contribution < 1.29 is 20.3 Å². The fourth-order valence-corrected chi connectivity index (χ4v) is 18.4. The van der Waals surface area contributed by atoms with E-state index >= 15 is 0 Å². The molecule has 0 spiro atoms. The van der Waals surface area contributed by atoms with Gasteiger partial charge in [-0.05, 0) is 0 Å². The molecule has 0 heterocycles. The third-order valence-electron chi connectivity index (χ3n) is 6.68. The van der Waals surface area contributed by atoms with E-state index in [0.717, 1.165) is 4.13 Å². The predicted molar refractivity (Wildman–Crippen MR) is 117 cm³/mol. The summed E-state index contributed by atoms with van der Waals surface area (Å²) in [6, 6.07) is 29.1. The van der Waals surface area contributed by atoms with Gasteiger partial charge in [0.05, 0.1) is 0 Å². The van der Waals surface area contributed by atoms with Crippen molar-refractivity contribution >= 4 is 12.2 Å². The summed E-state index contributed by atoms with van der Waals surface area (Å²) < 4.78 is 3.47. The number of allylic oxidation sites excluding steroid dienone is 2. The van der Waals surface area contributed by atoms with Gasteiger partial charge in [-0.2, -0.15) is 0 Å². The van der Waals surface area contributed by atoms with Crippen molar-refractivity contribution in [3.8, 4) is 0 Å². The van der Waals surface area contributed by atoms with Gasteiger partial charge < -0.3 is 0 Å². The minimum atomic E-state index is -2.92. The second-order valence-electron chi connectivity index (χ2n) is 8.08. The normalized spacial score (nSPS) is 21.3. The molecule has 137 valence electrons. The van der Waals surface area contributed by atoms with Gasteiger partial charge in [-0.3, -0.25) is 0 Å². The molecule has 0 amide bonds. The number of hydrogen-bond acceptors (Lipinski definition) is 0. The van der Waals surface area contributed by atoms with Crippen LogP contribution in [0.15, 0.2) is 91.0 Å². The fourth-order valence-electron chi connectivity index (χ4n) is 5.29. The molecule has 2 atom stereocenters. The Morgan fingerprint density at radius 1 is 0.643 bits per heavy atom. The van der Waals surface area contributed by atoms with E-state index in [9.17, 15) is 0 Å². The van der Waals surface area contributed by atoms with Gasteiger partial charge in [-0.1, -0.05) is 0 Å². The van der Waals surface area contributed by atoms with Crippen LogP contribution in [0.2, 0.25) is 4.13 Å². The number of rotatable bonds is 5. The van der Waals surface area contributed by atoms with E-state index in [1.165, 1.54) is 31.9 Å². The molecular weight excluding hydrogens is 416 g/mol. The number of benzene rings is 3. The first-order chi connectivity index (χ1) is 13.8. The maximum atomic E-state index is 4.61. The Morgan fingerprint density at radius 2 is 1.14 bits per heavy atom. The van der Waals surface area contributed by atoms with Crippen molar-refractivity contribution in [2.45, 2.75) is 15.5 Å². The Labute approximate surface area is 173 Å². The van der Waals surface area contributed by atoms with Crippen LogP contribution in [0, 0.1) is 6.92 Å². The van der Waals surface area contributed by atoms with Crippen molar-refractivity contribution in [2.24, 2.45) is 0 Å². The van der Waals surface area contributed by atoms with Crippen molar-refractivity contribution in [1.29, 1.82) is 0 Å².